The molecule has 4 aromatic rings. The molecular formula is C20H13FN4. The first-order chi connectivity index (χ1) is 12.3. The highest BCUT2D eigenvalue weighted by Gasteiger charge is 2.10. The van der Waals surface area contributed by atoms with Gasteiger partial charge in [-0.3, -0.25) is 4.40 Å². The molecule has 0 aliphatic heterocycles. The fourth-order valence-electron chi connectivity index (χ4n) is 2.87. The third kappa shape index (κ3) is 2.64. The summed E-state index contributed by atoms with van der Waals surface area (Å²) in [6.07, 6.45) is 3.50. The number of nitrogens with zero attached hydrogens (tertiary/aromatic N) is 4. The molecule has 0 aliphatic carbocycles. The van der Waals surface area contributed by atoms with Gasteiger partial charge in [0.25, 0.3) is 0 Å². The molecule has 2 heterocycles. The number of nitriles is 1. The van der Waals surface area contributed by atoms with E-state index in [2.05, 4.69) is 16.0 Å². The second kappa shape index (κ2) is 6.17. The van der Waals surface area contributed by atoms with Gasteiger partial charge < -0.3 is 0 Å². The van der Waals surface area contributed by atoms with E-state index >= 15 is 0 Å². The molecule has 2 aromatic carbocycles. The second-order valence-corrected chi connectivity index (χ2v) is 5.60. The molecule has 0 saturated heterocycles. The highest BCUT2D eigenvalue weighted by molar-refractivity contribution is 5.75. The summed E-state index contributed by atoms with van der Waals surface area (Å²) >= 11 is 0. The lowest BCUT2D eigenvalue weighted by Gasteiger charge is -2.07. The number of alkyl halides is 1. The fourth-order valence-corrected chi connectivity index (χ4v) is 2.87. The molecule has 0 spiro atoms. The van der Waals surface area contributed by atoms with Crippen LogP contribution in [0.3, 0.4) is 0 Å². The predicted octanol–water partition coefficient (Wildman–Crippen LogP) is 4.40. The van der Waals surface area contributed by atoms with Crippen LogP contribution in [0, 0.1) is 11.3 Å². The predicted molar refractivity (Wildman–Crippen MR) is 93.4 cm³/mol. The third-order valence-electron chi connectivity index (χ3n) is 4.09. The molecule has 2 aromatic heterocycles. The van der Waals surface area contributed by atoms with Crippen molar-refractivity contribution in [2.24, 2.45) is 0 Å². The molecule has 0 radical (unpaired) electrons. The largest absolute Gasteiger partial charge is 0.284 e. The zero-order valence-electron chi connectivity index (χ0n) is 13.2. The van der Waals surface area contributed by atoms with Crippen molar-refractivity contribution in [3.05, 3.63) is 78.2 Å². The Morgan fingerprint density at radius 3 is 2.72 bits per heavy atom. The quantitative estimate of drug-likeness (QED) is 0.560. The third-order valence-corrected chi connectivity index (χ3v) is 4.09. The number of hydrogen-bond acceptors (Lipinski definition) is 3. The first-order valence-electron chi connectivity index (χ1n) is 7.79. The molecule has 120 valence electrons. The number of benzene rings is 2. The maximum atomic E-state index is 12.8. The topological polar surface area (TPSA) is 54.0 Å². The monoisotopic (exact) mass is 328 g/mol. The SMILES string of the molecule is N#Cc1ccccc1-c1cccc(-c2cnc3nc(CF)ccn23)c1. The summed E-state index contributed by atoms with van der Waals surface area (Å²) in [7, 11) is 0. The first kappa shape index (κ1) is 15.0. The molecule has 4 nitrogen and oxygen atoms in total. The molecule has 0 amide bonds. The fraction of sp³-hybridized carbons (Fsp3) is 0.0500. The summed E-state index contributed by atoms with van der Waals surface area (Å²) in [6, 6.07) is 19.3. The lowest BCUT2D eigenvalue weighted by molar-refractivity contribution is 0.476. The molecule has 0 fully saturated rings. The van der Waals surface area contributed by atoms with E-state index in [4.69, 9.17) is 0 Å². The smallest absolute Gasteiger partial charge is 0.234 e. The summed E-state index contributed by atoms with van der Waals surface area (Å²) in [6.45, 7) is -0.612. The number of rotatable bonds is 3. The van der Waals surface area contributed by atoms with E-state index in [0.717, 1.165) is 22.4 Å². The number of halogens is 1. The molecule has 0 atom stereocenters. The standard InChI is InChI=1S/C20H13FN4/c21-11-17-8-9-25-19(13-23-20(25)24-17)15-6-3-5-14(10-15)18-7-2-1-4-16(18)12-22/h1-10,13H,11H2. The number of hydrogen-bond donors (Lipinski definition) is 0. The molecule has 4 rings (SSSR count). The first-order valence-corrected chi connectivity index (χ1v) is 7.79. The van der Waals surface area contributed by atoms with Crippen LogP contribution in [0.25, 0.3) is 28.2 Å². The highest BCUT2D eigenvalue weighted by Crippen LogP contribution is 2.28. The average molecular weight is 328 g/mol. The van der Waals surface area contributed by atoms with E-state index in [1.165, 1.54) is 0 Å². The number of fused-ring (bicyclic) bond motifs is 1. The van der Waals surface area contributed by atoms with Crippen LogP contribution in [0.15, 0.2) is 67.0 Å². The Morgan fingerprint density at radius 1 is 1.04 bits per heavy atom. The molecule has 25 heavy (non-hydrogen) atoms. The lowest BCUT2D eigenvalue weighted by Crippen LogP contribution is -1.94. The Balaban J connectivity index is 1.84. The van der Waals surface area contributed by atoms with E-state index in [9.17, 15) is 9.65 Å². The Labute approximate surface area is 143 Å². The van der Waals surface area contributed by atoms with Crippen molar-refractivity contribution in [1.29, 1.82) is 5.26 Å². The van der Waals surface area contributed by atoms with Crippen LogP contribution in [-0.4, -0.2) is 14.4 Å². The summed E-state index contributed by atoms with van der Waals surface area (Å²) in [5.74, 6) is 0.466. The van der Waals surface area contributed by atoms with Gasteiger partial charge in [-0.25, -0.2) is 14.4 Å². The molecule has 0 unspecified atom stereocenters. The van der Waals surface area contributed by atoms with Crippen LogP contribution in [0.1, 0.15) is 11.3 Å². The molecule has 0 N–H and O–H groups in total. The van der Waals surface area contributed by atoms with Gasteiger partial charge in [-0.05, 0) is 29.3 Å². The van der Waals surface area contributed by atoms with Gasteiger partial charge >= 0.3 is 0 Å². The van der Waals surface area contributed by atoms with Crippen molar-refractivity contribution in [3.8, 4) is 28.5 Å². The van der Waals surface area contributed by atoms with Crippen LogP contribution in [0.2, 0.25) is 0 Å². The minimum Gasteiger partial charge on any atom is -0.284 e. The summed E-state index contributed by atoms with van der Waals surface area (Å²) < 4.78 is 14.6. The van der Waals surface area contributed by atoms with E-state index < -0.39 is 6.67 Å². The Kier molecular flexibility index (Phi) is 3.71. The van der Waals surface area contributed by atoms with Gasteiger partial charge in [0.15, 0.2) is 0 Å². The normalized spacial score (nSPS) is 10.7. The summed E-state index contributed by atoms with van der Waals surface area (Å²) in [5.41, 5.74) is 4.65. The molecule has 0 bridgehead atoms. The summed E-state index contributed by atoms with van der Waals surface area (Å²) in [5, 5.41) is 9.32. The Hall–Kier alpha value is -3.52. The zero-order chi connectivity index (χ0) is 17.2. The molecular weight excluding hydrogens is 315 g/mol. The number of aromatic nitrogens is 3. The zero-order valence-corrected chi connectivity index (χ0v) is 13.2. The van der Waals surface area contributed by atoms with Crippen molar-refractivity contribution in [3.63, 3.8) is 0 Å². The Morgan fingerprint density at radius 2 is 1.88 bits per heavy atom. The summed E-state index contributed by atoms with van der Waals surface area (Å²) in [4.78, 5) is 8.45. The van der Waals surface area contributed by atoms with Crippen molar-refractivity contribution in [1.82, 2.24) is 14.4 Å². The van der Waals surface area contributed by atoms with Gasteiger partial charge in [0.1, 0.15) is 6.67 Å². The van der Waals surface area contributed by atoms with Crippen LogP contribution >= 0.6 is 0 Å². The average Bonchev–Trinajstić information content (AvgIpc) is 3.11. The van der Waals surface area contributed by atoms with Crippen molar-refractivity contribution in [2.45, 2.75) is 6.67 Å². The van der Waals surface area contributed by atoms with Gasteiger partial charge in [0.2, 0.25) is 5.78 Å². The van der Waals surface area contributed by atoms with Crippen molar-refractivity contribution in [2.75, 3.05) is 0 Å². The maximum absolute atomic E-state index is 12.8. The van der Waals surface area contributed by atoms with Gasteiger partial charge in [0, 0.05) is 11.8 Å². The lowest BCUT2D eigenvalue weighted by atomic mass is 9.98. The minimum atomic E-state index is -0.612. The van der Waals surface area contributed by atoms with Crippen molar-refractivity contribution >= 4 is 5.78 Å². The Bertz CT molecular complexity index is 1110. The van der Waals surface area contributed by atoms with Crippen LogP contribution in [-0.2, 0) is 6.67 Å². The molecule has 5 heteroatoms. The minimum absolute atomic E-state index is 0.362. The second-order valence-electron chi connectivity index (χ2n) is 5.60. The van der Waals surface area contributed by atoms with E-state index in [1.807, 2.05) is 46.9 Å². The van der Waals surface area contributed by atoms with Gasteiger partial charge in [-0.2, -0.15) is 5.26 Å². The van der Waals surface area contributed by atoms with Crippen LogP contribution < -0.4 is 0 Å². The van der Waals surface area contributed by atoms with E-state index in [0.29, 0.717) is 17.0 Å². The van der Waals surface area contributed by atoms with Gasteiger partial charge in [-0.1, -0.05) is 36.4 Å². The van der Waals surface area contributed by atoms with Crippen molar-refractivity contribution < 1.29 is 4.39 Å². The maximum Gasteiger partial charge on any atom is 0.234 e. The number of imidazole rings is 1. The van der Waals surface area contributed by atoms with Gasteiger partial charge in [-0.15, -0.1) is 0 Å². The van der Waals surface area contributed by atoms with Crippen LogP contribution in [0.5, 0.6) is 0 Å². The van der Waals surface area contributed by atoms with E-state index in [-0.39, 0.29) is 0 Å². The molecule has 0 aliphatic rings. The van der Waals surface area contributed by atoms with Gasteiger partial charge in [0.05, 0.1) is 29.2 Å². The van der Waals surface area contributed by atoms with E-state index in [1.54, 1.807) is 24.5 Å². The highest BCUT2D eigenvalue weighted by atomic mass is 19.1. The van der Waals surface area contributed by atoms with Crippen LogP contribution in [0.4, 0.5) is 4.39 Å². The molecule has 0 saturated carbocycles.